The zero-order valence-electron chi connectivity index (χ0n) is 9.42. The Labute approximate surface area is 101 Å². The van der Waals surface area contributed by atoms with Gasteiger partial charge in [-0.05, 0) is 43.1 Å². The van der Waals surface area contributed by atoms with Crippen LogP contribution >= 0.6 is 11.6 Å². The highest BCUT2D eigenvalue weighted by molar-refractivity contribution is 6.30. The monoisotopic (exact) mass is 240 g/mol. The minimum Gasteiger partial charge on any atom is -0.370 e. The third-order valence-corrected chi connectivity index (χ3v) is 2.63. The number of aryl methyl sites for hydroxylation is 1. The van der Waals surface area contributed by atoms with E-state index in [1.165, 1.54) is 11.1 Å². The van der Waals surface area contributed by atoms with Crippen LogP contribution in [0.25, 0.3) is 0 Å². The van der Waals surface area contributed by atoms with E-state index in [1.807, 2.05) is 25.1 Å². The molecule has 0 bridgehead atoms. The van der Waals surface area contributed by atoms with Crippen molar-refractivity contribution >= 4 is 17.5 Å². The predicted molar refractivity (Wildman–Crippen MR) is 66.3 cm³/mol. The van der Waals surface area contributed by atoms with Crippen LogP contribution in [0.4, 0.5) is 0 Å². The molecular formula is C12H17ClN2O. The van der Waals surface area contributed by atoms with E-state index in [-0.39, 0.29) is 5.91 Å². The van der Waals surface area contributed by atoms with Crippen LogP contribution in [-0.4, -0.2) is 12.5 Å². The number of nitrogens with one attached hydrogen (secondary N) is 1. The molecule has 0 saturated heterocycles. The molecule has 3 N–H and O–H groups in total. The lowest BCUT2D eigenvalue weighted by Crippen LogP contribution is -2.18. The SMILES string of the molecule is Cc1cc(Cl)ccc1CNCCCC(N)=O. The maximum Gasteiger partial charge on any atom is 0.217 e. The number of rotatable bonds is 6. The van der Waals surface area contributed by atoms with Gasteiger partial charge in [-0.1, -0.05) is 17.7 Å². The van der Waals surface area contributed by atoms with Crippen molar-refractivity contribution < 1.29 is 4.79 Å². The molecule has 1 aromatic carbocycles. The molecule has 0 saturated carbocycles. The average Bonchev–Trinajstić information content (AvgIpc) is 2.20. The first-order valence-corrected chi connectivity index (χ1v) is 5.71. The van der Waals surface area contributed by atoms with Gasteiger partial charge in [-0.3, -0.25) is 4.79 Å². The minimum absolute atomic E-state index is 0.246. The van der Waals surface area contributed by atoms with Crippen LogP contribution in [0.15, 0.2) is 18.2 Å². The van der Waals surface area contributed by atoms with Gasteiger partial charge in [-0.25, -0.2) is 0 Å². The first-order valence-electron chi connectivity index (χ1n) is 5.33. The highest BCUT2D eigenvalue weighted by atomic mass is 35.5. The van der Waals surface area contributed by atoms with Crippen LogP contribution in [-0.2, 0) is 11.3 Å². The molecule has 1 amide bonds. The van der Waals surface area contributed by atoms with Crippen LogP contribution in [0.5, 0.6) is 0 Å². The molecular weight excluding hydrogens is 224 g/mol. The number of benzene rings is 1. The molecule has 1 aromatic rings. The van der Waals surface area contributed by atoms with E-state index in [0.29, 0.717) is 6.42 Å². The van der Waals surface area contributed by atoms with Crippen LogP contribution in [0.2, 0.25) is 5.02 Å². The van der Waals surface area contributed by atoms with E-state index in [0.717, 1.165) is 24.5 Å². The third kappa shape index (κ3) is 4.64. The van der Waals surface area contributed by atoms with Gasteiger partial charge in [0.1, 0.15) is 0 Å². The molecule has 88 valence electrons. The van der Waals surface area contributed by atoms with Gasteiger partial charge < -0.3 is 11.1 Å². The molecule has 4 heteroatoms. The number of carbonyl (C=O) groups excluding carboxylic acids is 1. The summed E-state index contributed by atoms with van der Waals surface area (Å²) in [6.07, 6.45) is 1.22. The van der Waals surface area contributed by atoms with Crippen LogP contribution in [0.1, 0.15) is 24.0 Å². The number of primary amides is 1. The molecule has 0 aliphatic carbocycles. The van der Waals surface area contributed by atoms with E-state index in [9.17, 15) is 4.79 Å². The number of hydrogen-bond acceptors (Lipinski definition) is 2. The molecule has 0 atom stereocenters. The molecule has 16 heavy (non-hydrogen) atoms. The Hall–Kier alpha value is -1.06. The smallest absolute Gasteiger partial charge is 0.217 e. The number of carbonyl (C=O) groups is 1. The van der Waals surface area contributed by atoms with Crippen molar-refractivity contribution in [1.29, 1.82) is 0 Å². The largest absolute Gasteiger partial charge is 0.370 e. The lowest BCUT2D eigenvalue weighted by atomic mass is 10.1. The Balaban J connectivity index is 2.29. The summed E-state index contributed by atoms with van der Waals surface area (Å²) < 4.78 is 0. The van der Waals surface area contributed by atoms with E-state index in [2.05, 4.69) is 5.32 Å². The zero-order chi connectivity index (χ0) is 12.0. The zero-order valence-corrected chi connectivity index (χ0v) is 10.2. The summed E-state index contributed by atoms with van der Waals surface area (Å²) in [4.78, 5) is 10.5. The Kier molecular flexibility index (Phi) is 5.29. The predicted octanol–water partition coefficient (Wildman–Crippen LogP) is 2.00. The van der Waals surface area contributed by atoms with E-state index in [4.69, 9.17) is 17.3 Å². The molecule has 0 spiro atoms. The Morgan fingerprint density at radius 2 is 2.25 bits per heavy atom. The first-order chi connectivity index (χ1) is 7.59. The van der Waals surface area contributed by atoms with Gasteiger partial charge >= 0.3 is 0 Å². The van der Waals surface area contributed by atoms with Gasteiger partial charge in [0.25, 0.3) is 0 Å². The molecule has 0 heterocycles. The van der Waals surface area contributed by atoms with Crippen molar-refractivity contribution in [3.63, 3.8) is 0 Å². The third-order valence-electron chi connectivity index (χ3n) is 2.40. The summed E-state index contributed by atoms with van der Waals surface area (Å²) in [5, 5.41) is 4.03. The average molecular weight is 241 g/mol. The highest BCUT2D eigenvalue weighted by Gasteiger charge is 1.99. The molecule has 0 aliphatic heterocycles. The molecule has 0 unspecified atom stereocenters. The normalized spacial score (nSPS) is 10.4. The summed E-state index contributed by atoms with van der Waals surface area (Å²) in [6.45, 7) is 3.62. The number of hydrogen-bond donors (Lipinski definition) is 2. The van der Waals surface area contributed by atoms with Gasteiger partial charge in [0.2, 0.25) is 5.91 Å². The van der Waals surface area contributed by atoms with Crippen molar-refractivity contribution in [1.82, 2.24) is 5.32 Å². The molecule has 0 aliphatic rings. The van der Waals surface area contributed by atoms with Crippen molar-refractivity contribution in [3.05, 3.63) is 34.3 Å². The number of nitrogens with two attached hydrogens (primary N) is 1. The molecule has 1 rings (SSSR count). The molecule has 0 fully saturated rings. The fourth-order valence-electron chi connectivity index (χ4n) is 1.47. The summed E-state index contributed by atoms with van der Waals surface area (Å²) >= 11 is 5.86. The number of halogens is 1. The Bertz CT molecular complexity index is 366. The fourth-order valence-corrected chi connectivity index (χ4v) is 1.69. The van der Waals surface area contributed by atoms with Crippen molar-refractivity contribution in [2.75, 3.05) is 6.54 Å². The van der Waals surface area contributed by atoms with Gasteiger partial charge in [0, 0.05) is 18.0 Å². The van der Waals surface area contributed by atoms with Gasteiger partial charge in [-0.2, -0.15) is 0 Å². The van der Waals surface area contributed by atoms with Crippen LogP contribution in [0.3, 0.4) is 0 Å². The standard InChI is InChI=1S/C12H17ClN2O/c1-9-7-11(13)5-4-10(9)8-15-6-2-3-12(14)16/h4-5,7,15H,2-3,6,8H2,1H3,(H2,14,16). The van der Waals surface area contributed by atoms with Crippen LogP contribution in [0, 0.1) is 6.92 Å². The van der Waals surface area contributed by atoms with Gasteiger partial charge in [0.15, 0.2) is 0 Å². The summed E-state index contributed by atoms with van der Waals surface area (Å²) in [5.74, 6) is -0.246. The Morgan fingerprint density at radius 3 is 2.88 bits per heavy atom. The number of amides is 1. The van der Waals surface area contributed by atoms with Gasteiger partial charge in [0.05, 0.1) is 0 Å². The van der Waals surface area contributed by atoms with E-state index < -0.39 is 0 Å². The second-order valence-electron chi connectivity index (χ2n) is 3.82. The van der Waals surface area contributed by atoms with Crippen molar-refractivity contribution in [2.24, 2.45) is 5.73 Å². The molecule has 3 nitrogen and oxygen atoms in total. The van der Waals surface area contributed by atoms with Crippen molar-refractivity contribution in [2.45, 2.75) is 26.3 Å². The highest BCUT2D eigenvalue weighted by Crippen LogP contribution is 2.14. The summed E-state index contributed by atoms with van der Waals surface area (Å²) in [6, 6.07) is 5.84. The quantitative estimate of drug-likeness (QED) is 0.748. The second kappa shape index (κ2) is 6.51. The van der Waals surface area contributed by atoms with E-state index >= 15 is 0 Å². The molecule has 0 aromatic heterocycles. The van der Waals surface area contributed by atoms with Crippen LogP contribution < -0.4 is 11.1 Å². The van der Waals surface area contributed by atoms with Crippen molar-refractivity contribution in [3.8, 4) is 0 Å². The maximum absolute atomic E-state index is 10.5. The first kappa shape index (κ1) is 13.0. The minimum atomic E-state index is -0.246. The molecule has 0 radical (unpaired) electrons. The fraction of sp³-hybridized carbons (Fsp3) is 0.417. The second-order valence-corrected chi connectivity index (χ2v) is 4.25. The maximum atomic E-state index is 10.5. The topological polar surface area (TPSA) is 55.1 Å². The lowest BCUT2D eigenvalue weighted by Gasteiger charge is -2.07. The summed E-state index contributed by atoms with van der Waals surface area (Å²) in [7, 11) is 0. The Morgan fingerprint density at radius 1 is 1.50 bits per heavy atom. The van der Waals surface area contributed by atoms with E-state index in [1.54, 1.807) is 0 Å². The summed E-state index contributed by atoms with van der Waals surface area (Å²) in [5.41, 5.74) is 7.45. The van der Waals surface area contributed by atoms with Gasteiger partial charge in [-0.15, -0.1) is 0 Å². The lowest BCUT2D eigenvalue weighted by molar-refractivity contribution is -0.118.